The molecule has 13 heavy (non-hydrogen) atoms. The zero-order valence-corrected chi connectivity index (χ0v) is 8.58. The Morgan fingerprint density at radius 2 is 2.31 bits per heavy atom. The summed E-state index contributed by atoms with van der Waals surface area (Å²) in [6, 6.07) is 0. The lowest BCUT2D eigenvalue weighted by Gasteiger charge is -2.45. The molecule has 2 unspecified atom stereocenters. The monoisotopic (exact) mass is 188 g/mol. The van der Waals surface area contributed by atoms with Gasteiger partial charge in [-0.3, -0.25) is 4.90 Å². The first kappa shape index (κ1) is 10.9. The van der Waals surface area contributed by atoms with Crippen molar-refractivity contribution < 1.29 is 14.2 Å². The van der Waals surface area contributed by atoms with Gasteiger partial charge in [0.05, 0.1) is 6.61 Å². The molecule has 0 N–H and O–H groups in total. The fourth-order valence-corrected chi connectivity index (χ4v) is 1.64. The van der Waals surface area contributed by atoms with E-state index in [0.717, 1.165) is 6.54 Å². The second-order valence-corrected chi connectivity index (χ2v) is 3.19. The minimum absolute atomic E-state index is 0.177. The third-order valence-corrected chi connectivity index (χ3v) is 2.46. The van der Waals surface area contributed by atoms with Gasteiger partial charge in [0, 0.05) is 27.3 Å². The standard InChI is InChI=1S/C9H18NO3/c1-5-10-6-7-13-9(2,12-4)8(10)11-3/h8H,1,5-7H2,2-4H3. The van der Waals surface area contributed by atoms with E-state index in [1.54, 1.807) is 14.2 Å². The van der Waals surface area contributed by atoms with Gasteiger partial charge in [0.1, 0.15) is 0 Å². The SMILES string of the molecule is [CH2]CN1CCOC(C)(OC)C1OC. The number of hydrogen-bond donors (Lipinski definition) is 0. The molecule has 0 amide bonds. The largest absolute Gasteiger partial charge is 0.361 e. The minimum atomic E-state index is -0.676. The van der Waals surface area contributed by atoms with Gasteiger partial charge >= 0.3 is 0 Å². The average Bonchev–Trinajstić information content (AvgIpc) is 2.17. The summed E-state index contributed by atoms with van der Waals surface area (Å²) < 4.78 is 16.2. The maximum Gasteiger partial charge on any atom is 0.205 e. The smallest absolute Gasteiger partial charge is 0.205 e. The third-order valence-electron chi connectivity index (χ3n) is 2.46. The van der Waals surface area contributed by atoms with Crippen LogP contribution in [0.2, 0.25) is 0 Å². The third kappa shape index (κ3) is 2.02. The Balaban J connectivity index is 2.72. The number of morpholine rings is 1. The highest BCUT2D eigenvalue weighted by Gasteiger charge is 2.42. The van der Waals surface area contributed by atoms with Crippen molar-refractivity contribution in [2.45, 2.75) is 18.9 Å². The van der Waals surface area contributed by atoms with E-state index < -0.39 is 5.79 Å². The second kappa shape index (κ2) is 4.37. The van der Waals surface area contributed by atoms with Crippen LogP contribution in [0.3, 0.4) is 0 Å². The number of hydrogen-bond acceptors (Lipinski definition) is 4. The normalized spacial score (nSPS) is 36.5. The van der Waals surface area contributed by atoms with Crippen molar-refractivity contribution in [1.82, 2.24) is 4.90 Å². The molecule has 1 aliphatic heterocycles. The molecule has 1 radical (unpaired) electrons. The number of rotatable bonds is 3. The molecule has 4 heteroatoms. The molecule has 0 saturated carbocycles. The van der Waals surface area contributed by atoms with E-state index in [9.17, 15) is 0 Å². The van der Waals surface area contributed by atoms with E-state index in [4.69, 9.17) is 14.2 Å². The van der Waals surface area contributed by atoms with Gasteiger partial charge < -0.3 is 14.2 Å². The molecule has 0 aromatic rings. The van der Waals surface area contributed by atoms with Crippen molar-refractivity contribution in [2.75, 3.05) is 33.9 Å². The van der Waals surface area contributed by atoms with Crippen LogP contribution in [0.25, 0.3) is 0 Å². The fourth-order valence-electron chi connectivity index (χ4n) is 1.64. The maximum absolute atomic E-state index is 5.53. The predicted molar refractivity (Wildman–Crippen MR) is 49.1 cm³/mol. The molecule has 77 valence electrons. The van der Waals surface area contributed by atoms with Gasteiger partial charge in [-0.2, -0.15) is 0 Å². The number of nitrogens with zero attached hydrogens (tertiary/aromatic N) is 1. The van der Waals surface area contributed by atoms with Gasteiger partial charge in [0.15, 0.2) is 6.23 Å². The molecule has 4 nitrogen and oxygen atoms in total. The topological polar surface area (TPSA) is 30.9 Å². The van der Waals surface area contributed by atoms with Gasteiger partial charge in [-0.15, -0.1) is 0 Å². The van der Waals surface area contributed by atoms with Crippen molar-refractivity contribution >= 4 is 0 Å². The van der Waals surface area contributed by atoms with E-state index in [1.807, 2.05) is 6.92 Å². The van der Waals surface area contributed by atoms with Crippen molar-refractivity contribution in [1.29, 1.82) is 0 Å². The highest BCUT2D eigenvalue weighted by atomic mass is 16.7. The molecule has 0 bridgehead atoms. The molecule has 0 aromatic heterocycles. The summed E-state index contributed by atoms with van der Waals surface area (Å²) in [6.07, 6.45) is -0.177. The predicted octanol–water partition coefficient (Wildman–Crippen LogP) is 0.488. The van der Waals surface area contributed by atoms with E-state index >= 15 is 0 Å². The first-order valence-corrected chi connectivity index (χ1v) is 4.43. The first-order valence-electron chi connectivity index (χ1n) is 4.43. The highest BCUT2D eigenvalue weighted by Crippen LogP contribution is 2.25. The minimum Gasteiger partial charge on any atom is -0.361 e. The second-order valence-electron chi connectivity index (χ2n) is 3.19. The van der Waals surface area contributed by atoms with Gasteiger partial charge in [-0.1, -0.05) is 0 Å². The van der Waals surface area contributed by atoms with Crippen LogP contribution in [0.1, 0.15) is 6.92 Å². The molecule has 0 aromatic carbocycles. The zero-order chi connectivity index (χ0) is 9.90. The van der Waals surface area contributed by atoms with Crippen LogP contribution >= 0.6 is 0 Å². The van der Waals surface area contributed by atoms with Crippen molar-refractivity contribution in [2.24, 2.45) is 0 Å². The van der Waals surface area contributed by atoms with E-state index in [-0.39, 0.29) is 6.23 Å². The van der Waals surface area contributed by atoms with Crippen molar-refractivity contribution in [3.63, 3.8) is 0 Å². The van der Waals surface area contributed by atoms with E-state index in [2.05, 4.69) is 11.8 Å². The first-order chi connectivity index (χ1) is 6.18. The highest BCUT2D eigenvalue weighted by molar-refractivity contribution is 4.81. The van der Waals surface area contributed by atoms with Crippen LogP contribution in [-0.2, 0) is 14.2 Å². The van der Waals surface area contributed by atoms with Gasteiger partial charge in [-0.05, 0) is 13.8 Å². The quantitative estimate of drug-likeness (QED) is 0.645. The summed E-state index contributed by atoms with van der Waals surface area (Å²) in [7, 11) is 3.28. The summed E-state index contributed by atoms with van der Waals surface area (Å²) in [6.45, 7) is 7.90. The van der Waals surface area contributed by atoms with Gasteiger partial charge in [0.2, 0.25) is 5.79 Å². The fraction of sp³-hybridized carbons (Fsp3) is 0.889. The van der Waals surface area contributed by atoms with Crippen LogP contribution in [0, 0.1) is 6.92 Å². The molecule has 2 atom stereocenters. The summed E-state index contributed by atoms with van der Waals surface area (Å²) in [5.41, 5.74) is 0. The molecular formula is C9H18NO3. The Bertz CT molecular complexity index is 165. The molecule has 0 spiro atoms. The molecule has 1 rings (SSSR count). The van der Waals surface area contributed by atoms with Crippen LogP contribution in [-0.4, -0.2) is 50.8 Å². The summed E-state index contributed by atoms with van der Waals surface area (Å²) in [4.78, 5) is 2.09. The van der Waals surface area contributed by atoms with Crippen LogP contribution in [0.4, 0.5) is 0 Å². The molecule has 1 saturated heterocycles. The Hall–Kier alpha value is -0.160. The van der Waals surface area contributed by atoms with Crippen molar-refractivity contribution in [3.05, 3.63) is 6.92 Å². The van der Waals surface area contributed by atoms with Crippen LogP contribution in [0.15, 0.2) is 0 Å². The Kier molecular flexibility index (Phi) is 3.67. The molecule has 1 aliphatic rings. The number of methoxy groups -OCH3 is 2. The van der Waals surface area contributed by atoms with Crippen LogP contribution in [0.5, 0.6) is 0 Å². The van der Waals surface area contributed by atoms with Crippen molar-refractivity contribution in [3.8, 4) is 0 Å². The van der Waals surface area contributed by atoms with Crippen LogP contribution < -0.4 is 0 Å². The Labute approximate surface area is 79.8 Å². The van der Waals surface area contributed by atoms with Gasteiger partial charge in [-0.25, -0.2) is 0 Å². The molecular weight excluding hydrogens is 170 g/mol. The number of ether oxygens (including phenoxy) is 3. The zero-order valence-electron chi connectivity index (χ0n) is 8.58. The lowest BCUT2D eigenvalue weighted by Crippen LogP contribution is -2.59. The summed E-state index contributed by atoms with van der Waals surface area (Å²) in [5, 5.41) is 0. The lowest BCUT2D eigenvalue weighted by molar-refractivity contribution is -0.323. The molecule has 0 aliphatic carbocycles. The Morgan fingerprint density at radius 3 is 2.77 bits per heavy atom. The van der Waals surface area contributed by atoms with E-state index in [1.165, 1.54) is 0 Å². The van der Waals surface area contributed by atoms with Gasteiger partial charge in [0.25, 0.3) is 0 Å². The molecule has 1 fully saturated rings. The summed E-state index contributed by atoms with van der Waals surface area (Å²) >= 11 is 0. The Morgan fingerprint density at radius 1 is 1.62 bits per heavy atom. The average molecular weight is 188 g/mol. The maximum atomic E-state index is 5.53. The lowest BCUT2D eigenvalue weighted by atomic mass is 10.2. The molecule has 1 heterocycles. The summed E-state index contributed by atoms with van der Waals surface area (Å²) in [5.74, 6) is -0.676. The van der Waals surface area contributed by atoms with E-state index in [0.29, 0.717) is 13.2 Å².